The van der Waals surface area contributed by atoms with Crippen LogP contribution >= 0.6 is 0 Å². The number of carbonyl (C=O) groups is 3. The second kappa shape index (κ2) is 3.44. The van der Waals surface area contributed by atoms with Crippen LogP contribution in [-0.2, 0) is 4.79 Å². The fraction of sp³-hybridized carbons (Fsp3) is 0.182. The molecule has 16 heavy (non-hydrogen) atoms. The molecule has 1 aliphatic heterocycles. The lowest BCUT2D eigenvalue weighted by molar-refractivity contribution is -0.112. The molecule has 0 radical (unpaired) electrons. The summed E-state index contributed by atoms with van der Waals surface area (Å²) in [4.78, 5) is 35.5. The number of fused-ring (bicyclic) bond motifs is 1. The highest BCUT2D eigenvalue weighted by atomic mass is 16.2. The van der Waals surface area contributed by atoms with E-state index >= 15 is 0 Å². The molecule has 2 amide bonds. The number of amides is 2. The average molecular weight is 218 g/mol. The Morgan fingerprint density at radius 1 is 1.25 bits per heavy atom. The van der Waals surface area contributed by atoms with Crippen LogP contribution in [0.2, 0.25) is 0 Å². The SMILES string of the molecule is CN(C)C(=O)c1ccc2c(c1)NC(=O)C2=O. The summed E-state index contributed by atoms with van der Waals surface area (Å²) in [5.41, 5.74) is 1.17. The van der Waals surface area contributed by atoms with E-state index in [2.05, 4.69) is 5.32 Å². The highest BCUT2D eigenvalue weighted by molar-refractivity contribution is 6.51. The van der Waals surface area contributed by atoms with Crippen molar-refractivity contribution in [1.82, 2.24) is 4.90 Å². The third kappa shape index (κ3) is 1.46. The summed E-state index contributed by atoms with van der Waals surface area (Å²) in [5.74, 6) is -1.38. The van der Waals surface area contributed by atoms with Gasteiger partial charge in [0.25, 0.3) is 17.6 Å². The van der Waals surface area contributed by atoms with E-state index < -0.39 is 11.7 Å². The van der Waals surface area contributed by atoms with Crippen molar-refractivity contribution in [2.75, 3.05) is 19.4 Å². The zero-order valence-electron chi connectivity index (χ0n) is 8.90. The molecular weight excluding hydrogens is 208 g/mol. The minimum absolute atomic E-state index is 0.170. The summed E-state index contributed by atoms with van der Waals surface area (Å²) in [6.07, 6.45) is 0. The van der Waals surface area contributed by atoms with Crippen LogP contribution in [0.4, 0.5) is 5.69 Å². The Labute approximate surface area is 92.0 Å². The van der Waals surface area contributed by atoms with Crippen LogP contribution in [0.15, 0.2) is 18.2 Å². The van der Waals surface area contributed by atoms with Crippen molar-refractivity contribution in [2.24, 2.45) is 0 Å². The van der Waals surface area contributed by atoms with Crippen molar-refractivity contribution in [3.05, 3.63) is 29.3 Å². The Morgan fingerprint density at radius 3 is 2.56 bits per heavy atom. The Morgan fingerprint density at radius 2 is 1.94 bits per heavy atom. The van der Waals surface area contributed by atoms with Gasteiger partial charge in [-0.1, -0.05) is 0 Å². The molecule has 0 saturated carbocycles. The third-order valence-corrected chi connectivity index (χ3v) is 2.37. The van der Waals surface area contributed by atoms with Crippen molar-refractivity contribution in [1.29, 1.82) is 0 Å². The van der Waals surface area contributed by atoms with Crippen LogP contribution in [0, 0.1) is 0 Å². The van der Waals surface area contributed by atoms with Crippen LogP contribution in [-0.4, -0.2) is 36.6 Å². The molecule has 5 nitrogen and oxygen atoms in total. The van der Waals surface area contributed by atoms with E-state index in [0.717, 1.165) is 0 Å². The van der Waals surface area contributed by atoms with Gasteiger partial charge in [-0.15, -0.1) is 0 Å². The summed E-state index contributed by atoms with van der Waals surface area (Å²) in [7, 11) is 3.28. The molecule has 5 heteroatoms. The van der Waals surface area contributed by atoms with Gasteiger partial charge in [-0.3, -0.25) is 14.4 Å². The Hall–Kier alpha value is -2.17. The monoisotopic (exact) mass is 218 g/mol. The molecule has 0 fully saturated rings. The molecule has 0 bridgehead atoms. The largest absolute Gasteiger partial charge is 0.345 e. The van der Waals surface area contributed by atoms with Gasteiger partial charge in [-0.25, -0.2) is 0 Å². The number of Topliss-reactive ketones (excluding diaryl/α,β-unsaturated/α-hetero) is 1. The molecule has 82 valence electrons. The average Bonchev–Trinajstić information content (AvgIpc) is 2.53. The predicted octanol–water partition coefficient (Wildman–Crippen LogP) is 0.523. The summed E-state index contributed by atoms with van der Waals surface area (Å²) < 4.78 is 0. The molecular formula is C11H10N2O3. The van der Waals surface area contributed by atoms with E-state index in [1.54, 1.807) is 20.2 Å². The molecule has 0 aromatic heterocycles. The highest BCUT2D eigenvalue weighted by Gasteiger charge is 2.28. The van der Waals surface area contributed by atoms with Crippen LogP contribution in [0.3, 0.4) is 0 Å². The van der Waals surface area contributed by atoms with E-state index in [-0.39, 0.29) is 5.91 Å². The Kier molecular flexibility index (Phi) is 2.23. The first-order valence-corrected chi connectivity index (χ1v) is 4.72. The van der Waals surface area contributed by atoms with Crippen molar-refractivity contribution >= 4 is 23.3 Å². The van der Waals surface area contributed by atoms with E-state index in [0.29, 0.717) is 16.8 Å². The summed E-state index contributed by atoms with van der Waals surface area (Å²) in [5, 5.41) is 2.42. The number of carbonyl (C=O) groups excluding carboxylic acids is 3. The maximum absolute atomic E-state index is 11.6. The molecule has 1 aromatic carbocycles. The van der Waals surface area contributed by atoms with Crippen LogP contribution in [0.5, 0.6) is 0 Å². The third-order valence-electron chi connectivity index (χ3n) is 2.37. The first-order valence-electron chi connectivity index (χ1n) is 4.72. The van der Waals surface area contributed by atoms with Crippen LogP contribution < -0.4 is 5.32 Å². The molecule has 0 spiro atoms. The molecule has 0 aliphatic carbocycles. The quantitative estimate of drug-likeness (QED) is 0.699. The smallest absolute Gasteiger partial charge is 0.296 e. The van der Waals surface area contributed by atoms with E-state index in [1.165, 1.54) is 17.0 Å². The number of anilines is 1. The minimum atomic E-state index is -0.649. The first-order chi connectivity index (χ1) is 7.50. The normalized spacial score (nSPS) is 13.4. The fourth-order valence-corrected chi connectivity index (χ4v) is 1.54. The van der Waals surface area contributed by atoms with Gasteiger partial charge in [-0.2, -0.15) is 0 Å². The van der Waals surface area contributed by atoms with Crippen LogP contribution in [0.25, 0.3) is 0 Å². The van der Waals surface area contributed by atoms with Crippen LogP contribution in [0.1, 0.15) is 20.7 Å². The predicted molar refractivity (Wildman–Crippen MR) is 57.4 cm³/mol. The van der Waals surface area contributed by atoms with Gasteiger partial charge >= 0.3 is 0 Å². The number of nitrogens with zero attached hydrogens (tertiary/aromatic N) is 1. The molecule has 2 rings (SSSR count). The van der Waals surface area contributed by atoms with Gasteiger partial charge in [-0.05, 0) is 18.2 Å². The van der Waals surface area contributed by atoms with Gasteiger partial charge in [0.05, 0.1) is 11.3 Å². The van der Waals surface area contributed by atoms with E-state index in [9.17, 15) is 14.4 Å². The second-order valence-electron chi connectivity index (χ2n) is 3.74. The number of rotatable bonds is 1. The highest BCUT2D eigenvalue weighted by Crippen LogP contribution is 2.24. The lowest BCUT2D eigenvalue weighted by atomic mass is 10.1. The Balaban J connectivity index is 2.43. The molecule has 1 N–H and O–H groups in total. The summed E-state index contributed by atoms with van der Waals surface area (Å²) in [6.45, 7) is 0. The van der Waals surface area contributed by atoms with Gasteiger partial charge in [0, 0.05) is 19.7 Å². The maximum Gasteiger partial charge on any atom is 0.296 e. The van der Waals surface area contributed by atoms with Crippen molar-refractivity contribution in [3.63, 3.8) is 0 Å². The molecule has 1 aliphatic rings. The Bertz CT molecular complexity index is 506. The summed E-state index contributed by atoms with van der Waals surface area (Å²) in [6, 6.07) is 4.55. The van der Waals surface area contributed by atoms with Gasteiger partial charge < -0.3 is 10.2 Å². The maximum atomic E-state index is 11.6. The first kappa shape index (κ1) is 10.4. The van der Waals surface area contributed by atoms with Gasteiger partial charge in [0.2, 0.25) is 0 Å². The summed E-state index contributed by atoms with van der Waals surface area (Å²) >= 11 is 0. The number of ketones is 1. The van der Waals surface area contributed by atoms with Crippen molar-refractivity contribution in [2.45, 2.75) is 0 Å². The van der Waals surface area contributed by atoms with E-state index in [1.807, 2.05) is 0 Å². The zero-order chi connectivity index (χ0) is 11.9. The lowest BCUT2D eigenvalue weighted by Crippen LogP contribution is -2.21. The number of hydrogen-bond acceptors (Lipinski definition) is 3. The zero-order valence-corrected chi connectivity index (χ0v) is 8.90. The lowest BCUT2D eigenvalue weighted by Gasteiger charge is -2.10. The number of nitrogens with one attached hydrogen (secondary N) is 1. The van der Waals surface area contributed by atoms with E-state index in [4.69, 9.17) is 0 Å². The molecule has 0 unspecified atom stereocenters. The van der Waals surface area contributed by atoms with Crippen molar-refractivity contribution < 1.29 is 14.4 Å². The van der Waals surface area contributed by atoms with Gasteiger partial charge in [0.1, 0.15) is 0 Å². The molecule has 0 atom stereocenters. The molecule has 1 heterocycles. The molecule has 0 saturated heterocycles. The topological polar surface area (TPSA) is 66.5 Å². The second-order valence-corrected chi connectivity index (χ2v) is 3.74. The number of benzene rings is 1. The van der Waals surface area contributed by atoms with Crippen molar-refractivity contribution in [3.8, 4) is 0 Å². The number of hydrogen-bond donors (Lipinski definition) is 1. The fourth-order valence-electron chi connectivity index (χ4n) is 1.54. The molecule has 1 aromatic rings. The van der Waals surface area contributed by atoms with Gasteiger partial charge in [0.15, 0.2) is 0 Å². The standard InChI is InChI=1S/C11H10N2O3/c1-13(2)11(16)6-3-4-7-8(5-6)12-10(15)9(7)14/h3-5H,1-2H3,(H,12,14,15). The minimum Gasteiger partial charge on any atom is -0.345 e.